The number of fused-ring (bicyclic) bond motifs is 3. The van der Waals surface area contributed by atoms with Crippen LogP contribution in [-0.2, 0) is 6.61 Å². The van der Waals surface area contributed by atoms with Gasteiger partial charge in [-0.1, -0.05) is 25.0 Å². The lowest BCUT2D eigenvalue weighted by Crippen LogP contribution is -2.31. The first-order valence-electron chi connectivity index (χ1n) is 7.47. The molecule has 1 N–H and O–H groups in total. The van der Waals surface area contributed by atoms with E-state index in [0.717, 1.165) is 34.6 Å². The number of ether oxygens (including phenoxy) is 1. The number of para-hydroxylation sites is 1. The van der Waals surface area contributed by atoms with Crippen molar-refractivity contribution in [1.82, 2.24) is 5.32 Å². The van der Waals surface area contributed by atoms with Crippen molar-refractivity contribution in [1.29, 1.82) is 0 Å². The van der Waals surface area contributed by atoms with Gasteiger partial charge >= 0.3 is 0 Å². The van der Waals surface area contributed by atoms with Crippen LogP contribution in [0.5, 0.6) is 5.75 Å². The van der Waals surface area contributed by atoms with Gasteiger partial charge in [0.15, 0.2) is 0 Å². The molecule has 0 radical (unpaired) electrons. The van der Waals surface area contributed by atoms with Gasteiger partial charge in [-0.3, -0.25) is 4.79 Å². The van der Waals surface area contributed by atoms with Crippen molar-refractivity contribution >= 4 is 17.2 Å². The summed E-state index contributed by atoms with van der Waals surface area (Å²) in [6, 6.07) is 10.4. The first-order valence-corrected chi connectivity index (χ1v) is 8.29. The molecule has 1 aliphatic carbocycles. The number of hydrogen-bond donors (Lipinski definition) is 1. The molecular formula is C17H17NO2S. The third kappa shape index (κ3) is 2.33. The van der Waals surface area contributed by atoms with E-state index >= 15 is 0 Å². The molecule has 1 fully saturated rings. The van der Waals surface area contributed by atoms with Crippen LogP contribution in [0.25, 0.3) is 10.4 Å². The summed E-state index contributed by atoms with van der Waals surface area (Å²) < 4.78 is 5.75. The molecule has 2 heterocycles. The number of amides is 1. The van der Waals surface area contributed by atoms with Gasteiger partial charge in [-0.05, 0) is 31.0 Å². The summed E-state index contributed by atoms with van der Waals surface area (Å²) in [6.45, 7) is 0.555. The maximum atomic E-state index is 12.4. The zero-order valence-electron chi connectivity index (χ0n) is 11.7. The standard InChI is InChI=1S/C17H17NO2S/c19-17(18-12-5-1-2-6-12)15-9-11-10-20-14-8-4-3-7-13(14)16(11)21-15/h3-4,7-9,12H,1-2,5-6,10H2,(H,18,19). The Kier molecular flexibility index (Phi) is 3.19. The largest absolute Gasteiger partial charge is 0.488 e. The molecule has 0 unspecified atom stereocenters. The van der Waals surface area contributed by atoms with Crippen molar-refractivity contribution in [2.75, 3.05) is 0 Å². The first kappa shape index (κ1) is 12.9. The summed E-state index contributed by atoms with van der Waals surface area (Å²) in [5.41, 5.74) is 2.22. The fourth-order valence-corrected chi connectivity index (χ4v) is 4.24. The van der Waals surface area contributed by atoms with Gasteiger partial charge in [-0.2, -0.15) is 0 Å². The van der Waals surface area contributed by atoms with E-state index in [2.05, 4.69) is 11.4 Å². The van der Waals surface area contributed by atoms with E-state index in [1.165, 1.54) is 17.7 Å². The van der Waals surface area contributed by atoms with Crippen LogP contribution in [0, 0.1) is 0 Å². The molecule has 0 saturated heterocycles. The van der Waals surface area contributed by atoms with Crippen molar-refractivity contribution in [3.63, 3.8) is 0 Å². The Morgan fingerprint density at radius 3 is 2.90 bits per heavy atom. The molecule has 1 aromatic carbocycles. The number of rotatable bonds is 2. The van der Waals surface area contributed by atoms with Crippen molar-refractivity contribution in [2.24, 2.45) is 0 Å². The molecule has 1 aliphatic heterocycles. The quantitative estimate of drug-likeness (QED) is 0.911. The summed E-state index contributed by atoms with van der Waals surface area (Å²) in [5.74, 6) is 0.980. The highest BCUT2D eigenvalue weighted by atomic mass is 32.1. The molecule has 2 aliphatic rings. The molecule has 3 nitrogen and oxygen atoms in total. The Bertz CT molecular complexity index is 686. The average Bonchev–Trinajstić information content (AvgIpc) is 3.15. The van der Waals surface area contributed by atoms with Gasteiger partial charge < -0.3 is 10.1 Å². The van der Waals surface area contributed by atoms with Crippen molar-refractivity contribution in [3.8, 4) is 16.2 Å². The second-order valence-corrected chi connectivity index (χ2v) is 6.76. The Hall–Kier alpha value is -1.81. The molecule has 0 atom stereocenters. The molecule has 1 aromatic heterocycles. The number of nitrogens with one attached hydrogen (secondary N) is 1. The van der Waals surface area contributed by atoms with E-state index in [1.54, 1.807) is 11.3 Å². The monoisotopic (exact) mass is 299 g/mol. The van der Waals surface area contributed by atoms with Crippen LogP contribution < -0.4 is 10.1 Å². The highest BCUT2D eigenvalue weighted by Crippen LogP contribution is 2.42. The lowest BCUT2D eigenvalue weighted by molar-refractivity contribution is 0.0942. The lowest BCUT2D eigenvalue weighted by atomic mass is 10.1. The molecule has 0 spiro atoms. The van der Waals surface area contributed by atoms with Crippen LogP contribution in [0.15, 0.2) is 30.3 Å². The van der Waals surface area contributed by atoms with Gasteiger partial charge in [0, 0.05) is 22.0 Å². The fraction of sp³-hybridized carbons (Fsp3) is 0.353. The highest BCUT2D eigenvalue weighted by Gasteiger charge is 2.24. The topological polar surface area (TPSA) is 38.3 Å². The first-order chi connectivity index (χ1) is 10.3. The zero-order valence-corrected chi connectivity index (χ0v) is 12.5. The maximum absolute atomic E-state index is 12.4. The van der Waals surface area contributed by atoms with Crippen LogP contribution in [0.3, 0.4) is 0 Å². The Labute approximate surface area is 127 Å². The Morgan fingerprint density at radius 2 is 2.05 bits per heavy atom. The van der Waals surface area contributed by atoms with Crippen LogP contribution in [0.2, 0.25) is 0 Å². The smallest absolute Gasteiger partial charge is 0.261 e. The maximum Gasteiger partial charge on any atom is 0.261 e. The van der Waals surface area contributed by atoms with Crippen LogP contribution in [0.4, 0.5) is 0 Å². The molecule has 21 heavy (non-hydrogen) atoms. The summed E-state index contributed by atoms with van der Waals surface area (Å²) in [6.07, 6.45) is 4.69. The Balaban J connectivity index is 1.62. The van der Waals surface area contributed by atoms with Crippen LogP contribution >= 0.6 is 11.3 Å². The molecular weight excluding hydrogens is 282 g/mol. The molecule has 4 heteroatoms. The van der Waals surface area contributed by atoms with E-state index in [1.807, 2.05) is 24.3 Å². The number of hydrogen-bond acceptors (Lipinski definition) is 3. The van der Waals surface area contributed by atoms with Crippen molar-refractivity contribution in [3.05, 3.63) is 40.8 Å². The minimum Gasteiger partial charge on any atom is -0.488 e. The van der Waals surface area contributed by atoms with E-state index < -0.39 is 0 Å². The molecule has 0 bridgehead atoms. The second kappa shape index (κ2) is 5.19. The van der Waals surface area contributed by atoms with Crippen LogP contribution in [-0.4, -0.2) is 11.9 Å². The molecule has 1 saturated carbocycles. The van der Waals surface area contributed by atoms with E-state index in [-0.39, 0.29) is 5.91 Å². The minimum atomic E-state index is 0.0683. The van der Waals surface area contributed by atoms with E-state index in [9.17, 15) is 4.79 Å². The normalized spacial score (nSPS) is 17.0. The van der Waals surface area contributed by atoms with Gasteiger partial charge in [-0.15, -0.1) is 11.3 Å². The summed E-state index contributed by atoms with van der Waals surface area (Å²) >= 11 is 1.58. The number of carbonyl (C=O) groups is 1. The minimum absolute atomic E-state index is 0.0683. The van der Waals surface area contributed by atoms with Crippen molar-refractivity contribution in [2.45, 2.75) is 38.3 Å². The predicted molar refractivity (Wildman–Crippen MR) is 83.8 cm³/mol. The van der Waals surface area contributed by atoms with Gasteiger partial charge in [0.2, 0.25) is 0 Å². The Morgan fingerprint density at radius 1 is 1.24 bits per heavy atom. The summed E-state index contributed by atoms with van der Waals surface area (Å²) in [5, 5.41) is 3.16. The van der Waals surface area contributed by atoms with Gasteiger partial charge in [0.1, 0.15) is 12.4 Å². The molecule has 2 aromatic rings. The lowest BCUT2D eigenvalue weighted by Gasteiger charge is -2.16. The SMILES string of the molecule is O=C(NC1CCCC1)c1cc2c(s1)-c1ccccc1OC2. The molecule has 1 amide bonds. The van der Waals surface area contributed by atoms with E-state index in [4.69, 9.17) is 4.74 Å². The van der Waals surface area contributed by atoms with Crippen molar-refractivity contribution < 1.29 is 9.53 Å². The van der Waals surface area contributed by atoms with Gasteiger partial charge in [-0.25, -0.2) is 0 Å². The van der Waals surface area contributed by atoms with Gasteiger partial charge in [0.05, 0.1) is 4.88 Å². The third-order valence-corrected chi connectivity index (χ3v) is 5.45. The number of thiophene rings is 1. The average molecular weight is 299 g/mol. The molecule has 108 valence electrons. The third-order valence-electron chi connectivity index (χ3n) is 4.24. The second-order valence-electron chi connectivity index (χ2n) is 5.70. The van der Waals surface area contributed by atoms with Crippen LogP contribution in [0.1, 0.15) is 40.9 Å². The highest BCUT2D eigenvalue weighted by molar-refractivity contribution is 7.17. The van der Waals surface area contributed by atoms with E-state index in [0.29, 0.717) is 12.6 Å². The van der Waals surface area contributed by atoms with Gasteiger partial charge in [0.25, 0.3) is 5.91 Å². The summed E-state index contributed by atoms with van der Waals surface area (Å²) in [7, 11) is 0. The number of carbonyl (C=O) groups excluding carboxylic acids is 1. The zero-order chi connectivity index (χ0) is 14.2. The number of benzene rings is 1. The predicted octanol–water partition coefficient (Wildman–Crippen LogP) is 3.98. The summed E-state index contributed by atoms with van der Waals surface area (Å²) in [4.78, 5) is 14.4. The fourth-order valence-electron chi connectivity index (χ4n) is 3.14. The molecule has 4 rings (SSSR count).